The second-order valence-corrected chi connectivity index (χ2v) is 7.36. The predicted molar refractivity (Wildman–Crippen MR) is 106 cm³/mol. The van der Waals surface area contributed by atoms with Gasteiger partial charge in [-0.15, -0.1) is 11.3 Å². The van der Waals surface area contributed by atoms with Crippen molar-refractivity contribution < 1.29 is 23.8 Å². The van der Waals surface area contributed by atoms with Gasteiger partial charge in [0.1, 0.15) is 11.4 Å². The number of allylic oxidation sites excluding steroid dienone is 1. The van der Waals surface area contributed by atoms with Crippen molar-refractivity contribution in [2.24, 2.45) is 4.99 Å². The third-order valence-corrected chi connectivity index (χ3v) is 5.28. The minimum absolute atomic E-state index is 0.0741. The van der Waals surface area contributed by atoms with E-state index < -0.39 is 23.3 Å². The highest BCUT2D eigenvalue weighted by molar-refractivity contribution is 7.11. The summed E-state index contributed by atoms with van der Waals surface area (Å²) in [5.41, 5.74) is -0.0317. The molecule has 2 heterocycles. The summed E-state index contributed by atoms with van der Waals surface area (Å²) in [6, 6.07) is 5.69. The summed E-state index contributed by atoms with van der Waals surface area (Å²) in [5.74, 6) is -1.60. The van der Waals surface area contributed by atoms with Gasteiger partial charge in [-0.1, -0.05) is 12.1 Å². The van der Waals surface area contributed by atoms with Crippen LogP contribution in [0.15, 0.2) is 52.1 Å². The molecule has 1 aliphatic rings. The molecule has 3 rings (SSSR count). The van der Waals surface area contributed by atoms with Gasteiger partial charge in [0.15, 0.2) is 10.8 Å². The largest absolute Gasteiger partial charge is 0.481 e. The van der Waals surface area contributed by atoms with Crippen LogP contribution in [0.4, 0.5) is 4.39 Å². The van der Waals surface area contributed by atoms with E-state index in [-0.39, 0.29) is 25.0 Å². The average molecular weight is 417 g/mol. The number of benzene rings is 1. The third-order valence-electron chi connectivity index (χ3n) is 4.50. The Balaban J connectivity index is 2.19. The van der Waals surface area contributed by atoms with Gasteiger partial charge in [0.2, 0.25) is 0 Å². The van der Waals surface area contributed by atoms with Crippen LogP contribution in [0.25, 0.3) is 0 Å². The maximum absolute atomic E-state index is 13.5. The summed E-state index contributed by atoms with van der Waals surface area (Å²) < 4.78 is 18.8. The number of nitrogens with zero attached hydrogens (tertiary/aromatic N) is 2. The molecule has 9 heteroatoms. The zero-order valence-electron chi connectivity index (χ0n) is 15.9. The van der Waals surface area contributed by atoms with Crippen LogP contribution in [-0.4, -0.2) is 34.5 Å². The zero-order chi connectivity index (χ0) is 21.0. The van der Waals surface area contributed by atoms with Gasteiger partial charge >= 0.3 is 11.9 Å². The van der Waals surface area contributed by atoms with Crippen molar-refractivity contribution in [2.75, 3.05) is 6.61 Å². The van der Waals surface area contributed by atoms with Gasteiger partial charge in [-0.25, -0.2) is 19.2 Å². The number of carbonyl (C=O) groups excluding carboxylic acids is 1. The Labute approximate surface area is 171 Å². The number of aliphatic imine (C=N–C) groups is 1. The van der Waals surface area contributed by atoms with Crippen molar-refractivity contribution in [1.29, 1.82) is 0 Å². The number of carbonyl (C=O) groups is 2. The number of nitrogens with one attached hydrogen (secondary N) is 1. The highest BCUT2D eigenvalue weighted by Gasteiger charge is 2.42. The molecule has 152 valence electrons. The Morgan fingerprint density at radius 1 is 1.31 bits per heavy atom. The normalized spacial score (nSPS) is 18.8. The fourth-order valence-corrected chi connectivity index (χ4v) is 3.76. The van der Waals surface area contributed by atoms with Crippen LogP contribution in [-0.2, 0) is 19.9 Å². The van der Waals surface area contributed by atoms with Crippen molar-refractivity contribution in [2.45, 2.75) is 32.2 Å². The fourth-order valence-electron chi connectivity index (χ4n) is 3.18. The summed E-state index contributed by atoms with van der Waals surface area (Å²) in [7, 11) is 0. The van der Waals surface area contributed by atoms with E-state index in [0.717, 1.165) is 0 Å². The second-order valence-electron chi connectivity index (χ2n) is 6.47. The molecular formula is C20H20FN3O4S. The van der Waals surface area contributed by atoms with Crippen molar-refractivity contribution in [3.63, 3.8) is 0 Å². The molecule has 0 fully saturated rings. The van der Waals surface area contributed by atoms with Gasteiger partial charge in [-0.05, 0) is 38.0 Å². The van der Waals surface area contributed by atoms with E-state index in [1.165, 1.54) is 23.5 Å². The lowest BCUT2D eigenvalue weighted by Gasteiger charge is -2.35. The standard InChI is InChI=1S/C20H20FN3O4S/c1-3-28-19(27)16-14(8-9-15(25)26)23-17(18-22-10-11-29-18)24-20(16,2)12-4-6-13(21)7-5-12/h4-7,10-11H,3,8-9H2,1-2H3,(H,23,24)(H,25,26). The van der Waals surface area contributed by atoms with Gasteiger partial charge in [0.05, 0.1) is 18.6 Å². The monoisotopic (exact) mass is 417 g/mol. The lowest BCUT2D eigenvalue weighted by Crippen LogP contribution is -2.41. The molecule has 0 spiro atoms. The maximum Gasteiger partial charge on any atom is 0.338 e. The van der Waals surface area contributed by atoms with Crippen molar-refractivity contribution >= 4 is 29.1 Å². The molecule has 1 atom stereocenters. The third kappa shape index (κ3) is 4.34. The van der Waals surface area contributed by atoms with Crippen LogP contribution in [0.1, 0.15) is 37.3 Å². The first kappa shape index (κ1) is 20.7. The van der Waals surface area contributed by atoms with Crippen LogP contribution in [0.3, 0.4) is 0 Å². The molecule has 0 saturated carbocycles. The SMILES string of the molecule is CCOC(=O)C1=C(CCC(=O)O)NC(c2nccs2)=NC1(C)c1ccc(F)cc1. The number of aromatic nitrogens is 1. The summed E-state index contributed by atoms with van der Waals surface area (Å²) in [5, 5.41) is 14.6. The quantitative estimate of drug-likeness (QED) is 0.671. The molecule has 0 saturated heterocycles. The van der Waals surface area contributed by atoms with Crippen LogP contribution in [0.5, 0.6) is 0 Å². The molecule has 29 heavy (non-hydrogen) atoms. The smallest absolute Gasteiger partial charge is 0.338 e. The van der Waals surface area contributed by atoms with Crippen LogP contribution in [0, 0.1) is 5.82 Å². The van der Waals surface area contributed by atoms with E-state index in [0.29, 0.717) is 22.1 Å². The Morgan fingerprint density at radius 3 is 2.62 bits per heavy atom. The first-order chi connectivity index (χ1) is 13.8. The number of carboxylic acid groups (broad SMARTS) is 1. The van der Waals surface area contributed by atoms with Crippen LogP contribution < -0.4 is 5.32 Å². The summed E-state index contributed by atoms with van der Waals surface area (Å²) in [6.45, 7) is 3.56. The van der Waals surface area contributed by atoms with Gasteiger partial charge < -0.3 is 15.2 Å². The molecule has 0 amide bonds. The number of hydrogen-bond donors (Lipinski definition) is 2. The van der Waals surface area contributed by atoms with Gasteiger partial charge in [-0.2, -0.15) is 0 Å². The summed E-state index contributed by atoms with van der Waals surface area (Å²) >= 11 is 1.35. The first-order valence-electron chi connectivity index (χ1n) is 9.00. The Bertz CT molecular complexity index is 970. The average Bonchev–Trinajstić information content (AvgIpc) is 3.21. The predicted octanol–water partition coefficient (Wildman–Crippen LogP) is 3.23. The molecular weight excluding hydrogens is 397 g/mol. The molecule has 1 aromatic carbocycles. The van der Waals surface area contributed by atoms with Crippen LogP contribution >= 0.6 is 11.3 Å². The molecule has 1 aliphatic heterocycles. The lowest BCUT2D eigenvalue weighted by molar-refractivity contribution is -0.140. The lowest BCUT2D eigenvalue weighted by atomic mass is 9.81. The van der Waals surface area contributed by atoms with Crippen molar-refractivity contribution in [3.8, 4) is 0 Å². The maximum atomic E-state index is 13.5. The summed E-state index contributed by atoms with van der Waals surface area (Å²) in [4.78, 5) is 33.1. The Hall–Kier alpha value is -3.07. The number of hydrogen-bond acceptors (Lipinski definition) is 7. The molecule has 2 N–H and O–H groups in total. The molecule has 7 nitrogen and oxygen atoms in total. The highest BCUT2D eigenvalue weighted by atomic mass is 32.1. The number of carboxylic acids is 1. The molecule has 0 aliphatic carbocycles. The van der Waals surface area contributed by atoms with Crippen LogP contribution in [0.2, 0.25) is 0 Å². The number of thiazole rings is 1. The van der Waals surface area contributed by atoms with E-state index in [1.54, 1.807) is 37.6 Å². The number of amidine groups is 1. The Morgan fingerprint density at radius 2 is 2.03 bits per heavy atom. The number of ether oxygens (including phenoxy) is 1. The molecule has 0 bridgehead atoms. The first-order valence-corrected chi connectivity index (χ1v) is 9.88. The minimum atomic E-state index is -1.21. The molecule has 2 aromatic rings. The van der Waals surface area contributed by atoms with Gasteiger partial charge in [0.25, 0.3) is 0 Å². The van der Waals surface area contributed by atoms with Gasteiger partial charge in [-0.3, -0.25) is 4.79 Å². The number of rotatable bonds is 7. The number of aliphatic carboxylic acids is 1. The highest BCUT2D eigenvalue weighted by Crippen LogP contribution is 2.39. The van der Waals surface area contributed by atoms with E-state index in [2.05, 4.69) is 10.3 Å². The topological polar surface area (TPSA) is 101 Å². The molecule has 1 unspecified atom stereocenters. The van der Waals surface area contributed by atoms with E-state index in [9.17, 15) is 14.0 Å². The second kappa shape index (κ2) is 8.52. The zero-order valence-corrected chi connectivity index (χ0v) is 16.8. The van der Waals surface area contributed by atoms with E-state index in [1.807, 2.05) is 0 Å². The molecule has 0 radical (unpaired) electrons. The summed E-state index contributed by atoms with van der Waals surface area (Å²) in [6.07, 6.45) is 1.52. The van der Waals surface area contributed by atoms with E-state index >= 15 is 0 Å². The fraction of sp³-hybridized carbons (Fsp3) is 0.300. The van der Waals surface area contributed by atoms with Crippen molar-refractivity contribution in [3.05, 3.63) is 63.5 Å². The number of halogens is 1. The molecule has 1 aromatic heterocycles. The minimum Gasteiger partial charge on any atom is -0.481 e. The van der Waals surface area contributed by atoms with Crippen molar-refractivity contribution in [1.82, 2.24) is 10.3 Å². The Kier molecular flexibility index (Phi) is 6.07. The number of esters is 1. The van der Waals surface area contributed by atoms with Gasteiger partial charge in [0, 0.05) is 17.3 Å². The van der Waals surface area contributed by atoms with E-state index in [4.69, 9.17) is 14.8 Å².